The van der Waals surface area contributed by atoms with Gasteiger partial charge in [-0.05, 0) is 52.2 Å². The molecule has 0 bridgehead atoms. The molecule has 1 N–H and O–H groups in total. The van der Waals surface area contributed by atoms with E-state index in [2.05, 4.69) is 20.8 Å². The van der Waals surface area contributed by atoms with E-state index >= 15 is 0 Å². The van der Waals surface area contributed by atoms with Gasteiger partial charge < -0.3 is 10.0 Å². The number of hydrogen-bond donors (Lipinski definition) is 1. The Bertz CT molecular complexity index is 815. The lowest BCUT2D eigenvalue weighted by Gasteiger charge is -2.20. The number of aromatic carboxylic acids is 1. The molecule has 1 aliphatic rings. The molecule has 0 radical (unpaired) electrons. The van der Waals surface area contributed by atoms with Crippen molar-refractivity contribution in [2.24, 2.45) is 0 Å². The molecule has 2 aromatic rings. The number of carboxylic acids is 1. The zero-order valence-electron chi connectivity index (χ0n) is 12.4. The first-order valence-corrected chi connectivity index (χ1v) is 8.84. The molecule has 2 aromatic carbocycles. The van der Waals surface area contributed by atoms with E-state index in [9.17, 15) is 14.3 Å². The van der Waals surface area contributed by atoms with E-state index in [1.807, 2.05) is 6.07 Å². The molecule has 3 nitrogen and oxygen atoms in total. The predicted octanol–water partition coefficient (Wildman–Crippen LogP) is 5.59. The highest BCUT2D eigenvalue weighted by Crippen LogP contribution is 2.36. The lowest BCUT2D eigenvalue weighted by molar-refractivity contribution is 0.0690. The minimum Gasteiger partial charge on any atom is -0.478 e. The number of rotatable bonds is 3. The molecule has 0 aliphatic carbocycles. The molecule has 0 spiro atoms. The Balaban J connectivity index is 1.87. The Morgan fingerprint density at radius 3 is 2.67 bits per heavy atom. The van der Waals surface area contributed by atoms with Crippen LogP contribution in [0.1, 0.15) is 28.3 Å². The zero-order chi connectivity index (χ0) is 17.4. The molecule has 0 aromatic heterocycles. The second kappa shape index (κ2) is 6.90. The third-order valence-electron chi connectivity index (χ3n) is 4.23. The third kappa shape index (κ3) is 3.25. The molecule has 3 rings (SSSR count). The molecular formula is C17H13BrCl2FNO2. The van der Waals surface area contributed by atoms with Crippen LogP contribution in [0.15, 0.2) is 34.8 Å². The molecule has 1 unspecified atom stereocenters. The Kier molecular flexibility index (Phi) is 5.04. The minimum absolute atomic E-state index is 0.0781. The SMILES string of the molecule is O=C(O)c1c(Br)ccc(C2CCN(c3ccc(Cl)c(Cl)c3)C2)c1F. The van der Waals surface area contributed by atoms with Crippen molar-refractivity contribution in [1.29, 1.82) is 0 Å². The van der Waals surface area contributed by atoms with E-state index in [1.54, 1.807) is 24.3 Å². The third-order valence-corrected chi connectivity index (χ3v) is 5.63. The fourth-order valence-corrected chi connectivity index (χ4v) is 3.78. The van der Waals surface area contributed by atoms with Crippen LogP contribution in [0.2, 0.25) is 10.0 Å². The zero-order valence-corrected chi connectivity index (χ0v) is 15.5. The molecule has 7 heteroatoms. The van der Waals surface area contributed by atoms with Crippen molar-refractivity contribution in [3.8, 4) is 0 Å². The number of anilines is 1. The second-order valence-corrected chi connectivity index (χ2v) is 7.33. The van der Waals surface area contributed by atoms with Crippen molar-refractivity contribution in [2.45, 2.75) is 12.3 Å². The van der Waals surface area contributed by atoms with Gasteiger partial charge in [-0.2, -0.15) is 0 Å². The summed E-state index contributed by atoms with van der Waals surface area (Å²) in [6.45, 7) is 1.33. The van der Waals surface area contributed by atoms with E-state index in [4.69, 9.17) is 23.2 Å². The summed E-state index contributed by atoms with van der Waals surface area (Å²) < 4.78 is 14.9. The van der Waals surface area contributed by atoms with Crippen molar-refractivity contribution in [2.75, 3.05) is 18.0 Å². The van der Waals surface area contributed by atoms with E-state index in [0.717, 1.165) is 18.7 Å². The maximum atomic E-state index is 14.6. The van der Waals surface area contributed by atoms with Crippen LogP contribution in [0.4, 0.5) is 10.1 Å². The van der Waals surface area contributed by atoms with Gasteiger partial charge in [-0.3, -0.25) is 0 Å². The first-order valence-electron chi connectivity index (χ1n) is 7.29. The summed E-state index contributed by atoms with van der Waals surface area (Å²) in [5, 5.41) is 10.2. The number of carbonyl (C=O) groups is 1. The minimum atomic E-state index is -1.28. The van der Waals surface area contributed by atoms with Crippen LogP contribution < -0.4 is 4.90 Å². The number of benzene rings is 2. The topological polar surface area (TPSA) is 40.5 Å². The first kappa shape index (κ1) is 17.5. The largest absolute Gasteiger partial charge is 0.478 e. The molecular weight excluding hydrogens is 420 g/mol. The maximum absolute atomic E-state index is 14.6. The standard InChI is InChI=1S/C17H13BrCl2FNO2/c18-12-3-2-11(16(21)15(12)17(23)24)9-5-6-22(8-9)10-1-4-13(19)14(20)7-10/h1-4,7,9H,5-6,8H2,(H,23,24). The lowest BCUT2D eigenvalue weighted by Crippen LogP contribution is -2.19. The summed E-state index contributed by atoms with van der Waals surface area (Å²) in [6, 6.07) is 8.62. The summed E-state index contributed by atoms with van der Waals surface area (Å²) in [5.41, 5.74) is 1.03. The highest BCUT2D eigenvalue weighted by molar-refractivity contribution is 9.10. The number of halogens is 4. The maximum Gasteiger partial charge on any atom is 0.339 e. The van der Waals surface area contributed by atoms with Gasteiger partial charge >= 0.3 is 5.97 Å². The Hall–Kier alpha value is -1.30. The van der Waals surface area contributed by atoms with Crippen molar-refractivity contribution in [3.63, 3.8) is 0 Å². The van der Waals surface area contributed by atoms with Crippen LogP contribution in [0, 0.1) is 5.82 Å². The smallest absolute Gasteiger partial charge is 0.339 e. The van der Waals surface area contributed by atoms with Crippen LogP contribution in [0.5, 0.6) is 0 Å². The quantitative estimate of drug-likeness (QED) is 0.687. The number of nitrogens with zero attached hydrogens (tertiary/aromatic N) is 1. The summed E-state index contributed by atoms with van der Waals surface area (Å²) in [4.78, 5) is 13.3. The van der Waals surface area contributed by atoms with Gasteiger partial charge in [0, 0.05) is 29.2 Å². The normalized spacial score (nSPS) is 17.3. The highest BCUT2D eigenvalue weighted by Gasteiger charge is 2.29. The predicted molar refractivity (Wildman–Crippen MR) is 97.1 cm³/mol. The van der Waals surface area contributed by atoms with E-state index in [-0.39, 0.29) is 16.0 Å². The van der Waals surface area contributed by atoms with E-state index < -0.39 is 11.8 Å². The van der Waals surface area contributed by atoms with Crippen molar-refractivity contribution < 1.29 is 14.3 Å². The number of carboxylic acid groups (broad SMARTS) is 1. The van der Waals surface area contributed by atoms with Crippen LogP contribution in [0.3, 0.4) is 0 Å². The van der Waals surface area contributed by atoms with Gasteiger partial charge in [0.1, 0.15) is 11.4 Å². The van der Waals surface area contributed by atoms with E-state index in [0.29, 0.717) is 22.2 Å². The molecule has 0 saturated carbocycles. The van der Waals surface area contributed by atoms with Gasteiger partial charge in [0.2, 0.25) is 0 Å². The molecule has 126 valence electrons. The Labute approximate surface area is 157 Å². The van der Waals surface area contributed by atoms with Gasteiger partial charge in [0.15, 0.2) is 0 Å². The number of hydrogen-bond acceptors (Lipinski definition) is 2. The van der Waals surface area contributed by atoms with Crippen LogP contribution in [0.25, 0.3) is 0 Å². The first-order chi connectivity index (χ1) is 11.4. The van der Waals surface area contributed by atoms with Crippen molar-refractivity contribution >= 4 is 50.8 Å². The molecule has 0 amide bonds. The Morgan fingerprint density at radius 2 is 2.00 bits per heavy atom. The van der Waals surface area contributed by atoms with Crippen molar-refractivity contribution in [1.82, 2.24) is 0 Å². The van der Waals surface area contributed by atoms with Gasteiger partial charge in [0.25, 0.3) is 0 Å². The monoisotopic (exact) mass is 431 g/mol. The van der Waals surface area contributed by atoms with Crippen molar-refractivity contribution in [3.05, 3.63) is 61.8 Å². The molecule has 1 saturated heterocycles. The van der Waals surface area contributed by atoms with Gasteiger partial charge in [-0.1, -0.05) is 29.3 Å². The summed E-state index contributed by atoms with van der Waals surface area (Å²) in [7, 11) is 0. The van der Waals surface area contributed by atoms with Gasteiger partial charge in [-0.15, -0.1) is 0 Å². The molecule has 1 fully saturated rings. The van der Waals surface area contributed by atoms with Crippen LogP contribution in [-0.2, 0) is 0 Å². The van der Waals surface area contributed by atoms with Gasteiger partial charge in [-0.25, -0.2) is 9.18 Å². The molecule has 1 atom stereocenters. The highest BCUT2D eigenvalue weighted by atomic mass is 79.9. The summed E-state index contributed by atoms with van der Waals surface area (Å²) >= 11 is 15.1. The summed E-state index contributed by atoms with van der Waals surface area (Å²) in [6.07, 6.45) is 0.734. The van der Waals surface area contributed by atoms with E-state index in [1.165, 1.54) is 0 Å². The van der Waals surface area contributed by atoms with Crippen LogP contribution in [-0.4, -0.2) is 24.2 Å². The molecule has 1 heterocycles. The second-order valence-electron chi connectivity index (χ2n) is 5.66. The fraction of sp³-hybridized carbons (Fsp3) is 0.235. The Morgan fingerprint density at radius 1 is 1.25 bits per heavy atom. The molecule has 24 heavy (non-hydrogen) atoms. The fourth-order valence-electron chi connectivity index (χ4n) is 3.01. The van der Waals surface area contributed by atoms with Gasteiger partial charge in [0.05, 0.1) is 10.0 Å². The summed E-state index contributed by atoms with van der Waals surface area (Å²) in [5.74, 6) is -2.02. The average Bonchev–Trinajstić information content (AvgIpc) is 2.99. The van der Waals surface area contributed by atoms with Crippen LogP contribution >= 0.6 is 39.1 Å². The average molecular weight is 433 g/mol. The lowest BCUT2D eigenvalue weighted by atomic mass is 9.95. The molecule has 1 aliphatic heterocycles.